The summed E-state index contributed by atoms with van der Waals surface area (Å²) in [4.78, 5) is 17.0. The van der Waals surface area contributed by atoms with E-state index in [9.17, 15) is 4.79 Å². The topological polar surface area (TPSA) is 42.0 Å². The fraction of sp³-hybridized carbons (Fsp3) is 0.100. The van der Waals surface area contributed by atoms with Crippen molar-refractivity contribution in [3.8, 4) is 0 Å². The van der Waals surface area contributed by atoms with Crippen molar-refractivity contribution in [1.82, 2.24) is 4.98 Å². The molecule has 0 fully saturated rings. The summed E-state index contributed by atoms with van der Waals surface area (Å²) in [7, 11) is 0. The molecule has 1 unspecified atom stereocenters. The van der Waals surface area contributed by atoms with Gasteiger partial charge in [0.25, 0.3) is 0 Å². The quantitative estimate of drug-likeness (QED) is 0.703. The van der Waals surface area contributed by atoms with Crippen molar-refractivity contribution in [1.29, 1.82) is 0 Å². The minimum absolute atomic E-state index is 0.0470. The normalized spacial score (nSPS) is 11.8. The zero-order valence-electron chi connectivity index (χ0n) is 12.8. The molecule has 114 valence electrons. The van der Waals surface area contributed by atoms with Gasteiger partial charge in [-0.05, 0) is 12.0 Å². The Morgan fingerprint density at radius 2 is 1.83 bits per heavy atom. The Kier molecular flexibility index (Phi) is 4.48. The SMILES string of the molecule is C=CCC(C(=O)Nc1cncc2ccccc12)c1ccccc1. The van der Waals surface area contributed by atoms with Crippen LogP contribution in [0.2, 0.25) is 0 Å². The van der Waals surface area contributed by atoms with Crippen LogP contribution in [-0.2, 0) is 4.79 Å². The molecule has 0 aliphatic carbocycles. The predicted molar refractivity (Wildman–Crippen MR) is 94.4 cm³/mol. The van der Waals surface area contributed by atoms with Gasteiger partial charge in [0.1, 0.15) is 0 Å². The molecule has 3 aromatic rings. The Bertz CT molecular complexity index is 822. The molecule has 1 amide bonds. The van der Waals surface area contributed by atoms with Crippen LogP contribution in [-0.4, -0.2) is 10.9 Å². The van der Waals surface area contributed by atoms with Crippen LogP contribution >= 0.6 is 0 Å². The van der Waals surface area contributed by atoms with E-state index in [4.69, 9.17) is 0 Å². The minimum atomic E-state index is -0.257. The molecule has 0 radical (unpaired) electrons. The molecule has 1 N–H and O–H groups in total. The molecule has 2 aromatic carbocycles. The van der Waals surface area contributed by atoms with E-state index in [0.717, 1.165) is 22.0 Å². The fourth-order valence-corrected chi connectivity index (χ4v) is 2.68. The molecule has 3 rings (SSSR count). The van der Waals surface area contributed by atoms with Crippen LogP contribution in [0.5, 0.6) is 0 Å². The van der Waals surface area contributed by atoms with E-state index >= 15 is 0 Å². The van der Waals surface area contributed by atoms with Crippen molar-refractivity contribution >= 4 is 22.4 Å². The molecule has 1 aromatic heterocycles. The summed E-state index contributed by atoms with van der Waals surface area (Å²) in [5.41, 5.74) is 1.72. The summed E-state index contributed by atoms with van der Waals surface area (Å²) >= 11 is 0. The molecule has 0 saturated heterocycles. The lowest BCUT2D eigenvalue weighted by Gasteiger charge is -2.16. The number of nitrogens with one attached hydrogen (secondary N) is 1. The Hall–Kier alpha value is -2.94. The van der Waals surface area contributed by atoms with Gasteiger partial charge in [-0.15, -0.1) is 6.58 Å². The van der Waals surface area contributed by atoms with Crippen molar-refractivity contribution in [3.05, 3.63) is 85.2 Å². The number of anilines is 1. The van der Waals surface area contributed by atoms with E-state index in [1.807, 2.05) is 54.6 Å². The van der Waals surface area contributed by atoms with Crippen molar-refractivity contribution in [3.63, 3.8) is 0 Å². The molecule has 0 aliphatic rings. The largest absolute Gasteiger partial charge is 0.324 e. The van der Waals surface area contributed by atoms with Crippen LogP contribution in [0.3, 0.4) is 0 Å². The average Bonchev–Trinajstić information content (AvgIpc) is 2.60. The summed E-state index contributed by atoms with van der Waals surface area (Å²) in [6.07, 6.45) is 5.85. The van der Waals surface area contributed by atoms with E-state index in [1.165, 1.54) is 0 Å². The van der Waals surface area contributed by atoms with E-state index in [1.54, 1.807) is 18.5 Å². The van der Waals surface area contributed by atoms with Crippen LogP contribution in [0, 0.1) is 0 Å². The lowest BCUT2D eigenvalue weighted by atomic mass is 9.94. The zero-order chi connectivity index (χ0) is 16.1. The molecule has 3 heteroatoms. The summed E-state index contributed by atoms with van der Waals surface area (Å²) in [5, 5.41) is 5.01. The Morgan fingerprint density at radius 3 is 2.61 bits per heavy atom. The van der Waals surface area contributed by atoms with Crippen molar-refractivity contribution in [2.75, 3.05) is 5.32 Å². The monoisotopic (exact) mass is 302 g/mol. The number of rotatable bonds is 5. The molecule has 1 heterocycles. The average molecular weight is 302 g/mol. The molecular weight excluding hydrogens is 284 g/mol. The second-order valence-corrected chi connectivity index (χ2v) is 5.39. The van der Waals surface area contributed by atoms with Crippen molar-refractivity contribution in [2.45, 2.75) is 12.3 Å². The lowest BCUT2D eigenvalue weighted by Crippen LogP contribution is -2.21. The van der Waals surface area contributed by atoms with Gasteiger partial charge in [-0.3, -0.25) is 9.78 Å². The number of fused-ring (bicyclic) bond motifs is 1. The smallest absolute Gasteiger partial charge is 0.232 e. The molecule has 0 spiro atoms. The fourth-order valence-electron chi connectivity index (χ4n) is 2.68. The molecular formula is C20H18N2O. The second kappa shape index (κ2) is 6.88. The van der Waals surface area contributed by atoms with Gasteiger partial charge in [-0.1, -0.05) is 60.7 Å². The summed E-state index contributed by atoms with van der Waals surface area (Å²) in [6, 6.07) is 17.6. The van der Waals surface area contributed by atoms with Crippen molar-refractivity contribution in [2.24, 2.45) is 0 Å². The number of aromatic nitrogens is 1. The number of carbonyl (C=O) groups is 1. The zero-order valence-corrected chi connectivity index (χ0v) is 12.8. The van der Waals surface area contributed by atoms with Crippen LogP contribution in [0.15, 0.2) is 79.6 Å². The van der Waals surface area contributed by atoms with Crippen LogP contribution < -0.4 is 5.32 Å². The third-order valence-corrected chi connectivity index (χ3v) is 3.85. The number of carbonyl (C=O) groups excluding carboxylic acids is 1. The first-order valence-electron chi connectivity index (χ1n) is 7.59. The highest BCUT2D eigenvalue weighted by Gasteiger charge is 2.19. The van der Waals surface area contributed by atoms with E-state index in [0.29, 0.717) is 6.42 Å². The highest BCUT2D eigenvalue weighted by atomic mass is 16.1. The third-order valence-electron chi connectivity index (χ3n) is 3.85. The summed E-state index contributed by atoms with van der Waals surface area (Å²) in [6.45, 7) is 3.77. The second-order valence-electron chi connectivity index (χ2n) is 5.39. The Balaban J connectivity index is 1.91. The van der Waals surface area contributed by atoms with Gasteiger partial charge in [0.05, 0.1) is 17.8 Å². The minimum Gasteiger partial charge on any atom is -0.324 e. The van der Waals surface area contributed by atoms with Gasteiger partial charge < -0.3 is 5.32 Å². The maximum absolute atomic E-state index is 12.8. The first kappa shape index (κ1) is 15.0. The van der Waals surface area contributed by atoms with Crippen LogP contribution in [0.25, 0.3) is 10.8 Å². The standard InChI is InChI=1S/C20H18N2O/c1-2-8-18(15-9-4-3-5-10-15)20(23)22-19-14-21-13-16-11-6-7-12-17(16)19/h2-7,9-14,18H,1,8H2,(H,22,23). The number of amides is 1. The Morgan fingerprint density at radius 1 is 1.09 bits per heavy atom. The number of benzene rings is 2. The first-order chi connectivity index (χ1) is 11.3. The first-order valence-corrected chi connectivity index (χ1v) is 7.59. The van der Waals surface area contributed by atoms with Crippen molar-refractivity contribution < 1.29 is 4.79 Å². The van der Waals surface area contributed by atoms with E-state index < -0.39 is 0 Å². The summed E-state index contributed by atoms with van der Waals surface area (Å²) in [5.74, 6) is -0.304. The van der Waals surface area contributed by atoms with Gasteiger partial charge in [0.2, 0.25) is 5.91 Å². The van der Waals surface area contributed by atoms with E-state index in [2.05, 4.69) is 16.9 Å². The number of allylic oxidation sites excluding steroid dienone is 1. The number of pyridine rings is 1. The highest BCUT2D eigenvalue weighted by Crippen LogP contribution is 2.25. The lowest BCUT2D eigenvalue weighted by molar-refractivity contribution is -0.117. The molecule has 3 nitrogen and oxygen atoms in total. The van der Waals surface area contributed by atoms with Gasteiger partial charge in [-0.2, -0.15) is 0 Å². The molecule has 1 atom stereocenters. The molecule has 0 bridgehead atoms. The molecule has 0 saturated carbocycles. The third kappa shape index (κ3) is 3.29. The number of nitrogens with zero attached hydrogens (tertiary/aromatic N) is 1. The van der Waals surface area contributed by atoms with E-state index in [-0.39, 0.29) is 11.8 Å². The van der Waals surface area contributed by atoms with Crippen LogP contribution in [0.4, 0.5) is 5.69 Å². The number of hydrogen-bond donors (Lipinski definition) is 1. The maximum Gasteiger partial charge on any atom is 0.232 e. The van der Waals surface area contributed by atoms with Gasteiger partial charge in [0.15, 0.2) is 0 Å². The maximum atomic E-state index is 12.8. The van der Waals surface area contributed by atoms with Crippen LogP contribution in [0.1, 0.15) is 17.9 Å². The van der Waals surface area contributed by atoms with Gasteiger partial charge in [-0.25, -0.2) is 0 Å². The Labute approximate surface area is 135 Å². The predicted octanol–water partition coefficient (Wildman–Crippen LogP) is 4.53. The summed E-state index contributed by atoms with van der Waals surface area (Å²) < 4.78 is 0. The number of hydrogen-bond acceptors (Lipinski definition) is 2. The molecule has 0 aliphatic heterocycles. The molecule has 23 heavy (non-hydrogen) atoms. The highest BCUT2D eigenvalue weighted by molar-refractivity contribution is 6.03. The van der Waals surface area contributed by atoms with Gasteiger partial charge >= 0.3 is 0 Å². The van der Waals surface area contributed by atoms with Gasteiger partial charge in [0, 0.05) is 17.0 Å².